The van der Waals surface area contributed by atoms with Gasteiger partial charge in [0.15, 0.2) is 58.8 Å². The number of methoxy groups -OCH3 is 2. The number of aryl methyl sites for hydroxylation is 1. The molecule has 626 valence electrons. The maximum atomic E-state index is 13.8. The van der Waals surface area contributed by atoms with Gasteiger partial charge < -0.3 is 110 Å². The summed E-state index contributed by atoms with van der Waals surface area (Å²) >= 11 is 11.0. The lowest BCUT2D eigenvalue weighted by Crippen LogP contribution is -2.47. The highest BCUT2D eigenvalue weighted by Crippen LogP contribution is 2.68. The van der Waals surface area contributed by atoms with E-state index in [1.807, 2.05) is 0 Å². The monoisotopic (exact) mass is 1760 g/mol. The molecule has 22 atom stereocenters. The number of nitrogens with zero attached hydrogens (tertiary/aromatic N) is 14. The number of aromatic nitrogens is 16. The number of hydrogen-bond acceptors (Lipinski definition) is 41. The van der Waals surface area contributed by atoms with Gasteiger partial charge in [-0.3, -0.25) is 75.8 Å². The molecular weight excluding hydrogens is 1690 g/mol. The Morgan fingerprint density at radius 2 is 1.09 bits per heavy atom. The number of H-pyrrole nitrogens is 3. The van der Waals surface area contributed by atoms with Crippen molar-refractivity contribution in [3.63, 3.8) is 0 Å². The predicted octanol–water partition coefficient (Wildman–Crippen LogP) is -1.65. The van der Waals surface area contributed by atoms with Crippen molar-refractivity contribution in [2.24, 2.45) is 12.5 Å². The number of anilines is 4. The van der Waals surface area contributed by atoms with Gasteiger partial charge in [0, 0.05) is 20.3 Å². The fraction of sp³-hybridized carbons (Fsp3) is 0.527. The summed E-state index contributed by atoms with van der Waals surface area (Å²) in [5, 5.41) is 46.3. The zero-order valence-electron chi connectivity index (χ0n) is 60.0. The highest BCUT2D eigenvalue weighted by atomic mass is 32.5. The summed E-state index contributed by atoms with van der Waals surface area (Å²) in [4.78, 5) is 147. The van der Waals surface area contributed by atoms with E-state index in [4.69, 9.17) is 112 Å². The third-order valence-electron chi connectivity index (χ3n) is 18.2. The molecule has 0 saturated carbocycles. The molecule has 4 aliphatic rings. The van der Waals surface area contributed by atoms with E-state index in [1.54, 1.807) is 26.8 Å². The van der Waals surface area contributed by atoms with Gasteiger partial charge in [0.2, 0.25) is 23.6 Å². The maximum Gasteiger partial charge on any atom is 0.490 e. The van der Waals surface area contributed by atoms with Crippen molar-refractivity contribution >= 4 is 135 Å². The number of nitrogen functional groups attached to an aromatic ring is 4. The van der Waals surface area contributed by atoms with Crippen LogP contribution in [0.2, 0.25) is 0 Å². The zero-order valence-corrected chi connectivity index (χ0v) is 66.2. The Balaban J connectivity index is 0.704. The van der Waals surface area contributed by atoms with Crippen molar-refractivity contribution in [2.75, 3.05) is 70.4 Å². The van der Waals surface area contributed by atoms with Crippen molar-refractivity contribution in [3.05, 3.63) is 103 Å². The summed E-state index contributed by atoms with van der Waals surface area (Å²) in [5.41, 5.74) is 19.5. The SMILES string of the molecule is CO[C@H]1C(OP(O)(=S)OC[C@H]2O[C@@H](n3cnc4c(=O)[nH]c(N)nc43)[C@@H](OC)C2OP(O)(=S)OC[C@H]2O[C@@H](n3cnc4c(=O)[nH]c(N)nc43)[C@@H](O)C2O)[C@@H](COP(=O)(O)OP(=O)(O)OP(=O)(O)OC[C@H]2O[C@@H]([n+]3cn(C)c4c(=O)[nH]c(N)nc43)C(OCOC(c3ccccc3[N+](=O)[O-])C(C)(C)C)[C@H]2O)O[C@H]1n1cnc2c(N)ncnc21. The second-order valence-corrected chi connectivity index (χ2v) is 37.0. The number of benzene rings is 1. The molecule has 1 aromatic carbocycles. The molecular formula is C55H73N21O32P5S2+. The molecule has 12 heterocycles. The van der Waals surface area contributed by atoms with Gasteiger partial charge in [0.25, 0.3) is 28.3 Å². The molecule has 4 saturated heterocycles. The number of nitrogens with one attached hydrogen (secondary N) is 3. The first-order chi connectivity index (χ1) is 54.1. The molecule has 4 fully saturated rings. The first kappa shape index (κ1) is 85.3. The predicted molar refractivity (Wildman–Crippen MR) is 390 cm³/mol. The Labute approximate surface area is 652 Å². The smallest absolute Gasteiger partial charge is 0.387 e. The number of fused-ring (bicyclic) bond motifs is 4. The van der Waals surface area contributed by atoms with Crippen molar-refractivity contribution in [3.8, 4) is 0 Å². The normalized spacial score (nSPS) is 28.3. The van der Waals surface area contributed by atoms with Crippen molar-refractivity contribution < 1.29 is 137 Å². The van der Waals surface area contributed by atoms with Crippen LogP contribution in [0.1, 0.15) is 57.4 Å². The number of hydrogen-bond donors (Lipinski definition) is 15. The van der Waals surface area contributed by atoms with Gasteiger partial charge in [0.05, 0.1) is 69.0 Å². The number of phosphoric ester groups is 2. The second-order valence-electron chi connectivity index (χ2n) is 26.8. The number of nitrogens with two attached hydrogens (primary N) is 4. The van der Waals surface area contributed by atoms with Gasteiger partial charge in [-0.15, -0.1) is 0 Å². The number of nitro benzene ring substituents is 1. The third kappa shape index (κ3) is 17.9. The van der Waals surface area contributed by atoms with E-state index in [2.05, 4.69) is 63.4 Å². The summed E-state index contributed by atoms with van der Waals surface area (Å²) in [6.07, 6.45) is -21.7. The molecule has 0 spiro atoms. The number of aromatic amines is 3. The lowest BCUT2D eigenvalue weighted by Gasteiger charge is -2.31. The molecule has 19 N–H and O–H groups in total. The van der Waals surface area contributed by atoms with E-state index in [0.717, 1.165) is 37.0 Å². The molecule has 0 amide bonds. The molecule has 9 aromatic rings. The number of ether oxygens (including phenoxy) is 8. The molecule has 13 rings (SSSR count). The molecule has 115 heavy (non-hydrogen) atoms. The van der Waals surface area contributed by atoms with Crippen molar-refractivity contribution in [1.29, 1.82) is 0 Å². The van der Waals surface area contributed by atoms with Crippen LogP contribution < -0.4 is 44.2 Å². The molecule has 0 radical (unpaired) electrons. The van der Waals surface area contributed by atoms with Gasteiger partial charge in [-0.1, -0.05) is 37.9 Å². The first-order valence-electron chi connectivity index (χ1n) is 33.4. The lowest BCUT2D eigenvalue weighted by molar-refractivity contribution is -0.746. The fourth-order valence-electron chi connectivity index (χ4n) is 13.2. The number of aliphatic hydroxyl groups excluding tert-OH is 3. The van der Waals surface area contributed by atoms with Crippen LogP contribution >= 0.6 is 36.9 Å². The minimum absolute atomic E-state index is 0.0150. The van der Waals surface area contributed by atoms with Gasteiger partial charge >= 0.3 is 42.6 Å². The van der Waals surface area contributed by atoms with E-state index >= 15 is 0 Å². The van der Waals surface area contributed by atoms with E-state index in [9.17, 15) is 78.0 Å². The highest BCUT2D eigenvalue weighted by molar-refractivity contribution is 8.07. The average Bonchev–Trinajstić information content (AvgIpc) is 1.61. The van der Waals surface area contributed by atoms with Crippen LogP contribution in [0.4, 0.5) is 29.4 Å². The summed E-state index contributed by atoms with van der Waals surface area (Å²) in [6.45, 7) is -9.42. The summed E-state index contributed by atoms with van der Waals surface area (Å²) in [6, 6.07) is 5.76. The third-order valence-corrected chi connectivity index (χ3v) is 25.5. The number of para-hydroxylation sites is 1. The Bertz CT molecular complexity index is 5620. The van der Waals surface area contributed by atoms with Crippen LogP contribution in [0.3, 0.4) is 0 Å². The van der Waals surface area contributed by atoms with Gasteiger partial charge in [-0.25, -0.2) is 43.2 Å². The van der Waals surface area contributed by atoms with Crippen LogP contribution in [0.15, 0.2) is 70.3 Å². The van der Waals surface area contributed by atoms with E-state index in [-0.39, 0.29) is 79.6 Å². The number of aliphatic hydroxyl groups is 3. The fourth-order valence-corrected chi connectivity index (χ4v) is 19.6. The van der Waals surface area contributed by atoms with E-state index in [1.165, 1.54) is 57.0 Å². The standard InChI is InChI=1S/C55H72N21O32P5S2/c1-55(2,3)39(21-9-7-8-10-22(21)76(83)84)96-20-95-36-32(78)24(102-49(36)75-19-71(4)30-44(75)67-54(59)70-47(30)82)11-97-109(85,86)107-111(89,90)108-110(87,88)98-13-25-34(37(93-5)50(103-25)72-16-62-27-40(56)60-15-61-41(27)72)105-113(92,115)100-14-26-35(38(94-6)51(104-26)74-18-64-29-43(74)66-53(58)69-46(29)81)106-112(91,114)99-12-23-31(77)33(79)48(101-23)73-17-63-28-42(73)65-52(57)68-45(28)80/h7-10,15-19,23-26,31-39,48-51,77-79H,11-14,20H2,1-6H3,(H15-,56,57,58,59,60,61,65,66,67,68,69,70,80,81,82,85,86,87,88,89,90,91,92,114,115)/p+1/t23-,24-,25-,26-,31?,32+,33+,34?,35?,36?,37+,38+,39?,48-,49-,50-,51-,112?,113?/m1/s1. The summed E-state index contributed by atoms with van der Waals surface area (Å²) in [7, 11) is -14.8. The molecule has 0 aliphatic carbocycles. The summed E-state index contributed by atoms with van der Waals surface area (Å²) in [5.74, 6) is -1.15. The quantitative estimate of drug-likeness (QED) is 0.00738. The Kier molecular flexibility index (Phi) is 24.5. The van der Waals surface area contributed by atoms with Crippen LogP contribution in [0, 0.1) is 15.5 Å². The first-order valence-corrected chi connectivity index (χ1v) is 43.1. The second kappa shape index (κ2) is 33.0. The van der Waals surface area contributed by atoms with Gasteiger partial charge in [-0.2, -0.15) is 18.6 Å². The van der Waals surface area contributed by atoms with Crippen LogP contribution in [-0.4, -0.2) is 238 Å². The Morgan fingerprint density at radius 3 is 1.63 bits per heavy atom. The van der Waals surface area contributed by atoms with Gasteiger partial charge in [-0.05, 0) is 35.1 Å². The van der Waals surface area contributed by atoms with Crippen LogP contribution in [0.5, 0.6) is 0 Å². The average molecular weight is 1760 g/mol. The Hall–Kier alpha value is -7.55. The zero-order chi connectivity index (χ0) is 83.1. The number of nitro groups is 1. The van der Waals surface area contributed by atoms with Crippen LogP contribution in [-0.2, 0) is 118 Å². The maximum absolute atomic E-state index is 13.8. The Morgan fingerprint density at radius 1 is 0.609 bits per heavy atom. The number of imidazole rings is 4. The highest BCUT2D eigenvalue weighted by Gasteiger charge is 2.56. The summed E-state index contributed by atoms with van der Waals surface area (Å²) < 4.78 is 138. The number of phosphoric acid groups is 3. The minimum Gasteiger partial charge on any atom is -0.387 e. The van der Waals surface area contributed by atoms with E-state index < -0.39 is 201 Å². The van der Waals surface area contributed by atoms with Crippen molar-refractivity contribution in [2.45, 2.75) is 125 Å². The minimum atomic E-state index is -6.38. The lowest BCUT2D eigenvalue weighted by atomic mass is 9.84. The van der Waals surface area contributed by atoms with Crippen molar-refractivity contribution in [1.82, 2.24) is 73.1 Å². The largest absolute Gasteiger partial charge is 0.490 e. The molecule has 8 aromatic heterocycles. The molecule has 10 unspecified atom stereocenters. The molecule has 53 nitrogen and oxygen atoms in total. The number of rotatable bonds is 32. The molecule has 4 aliphatic heterocycles. The van der Waals surface area contributed by atoms with Gasteiger partial charge in [0.1, 0.15) is 91.9 Å². The molecule has 60 heteroatoms. The molecule has 0 bridgehead atoms. The topological polar surface area (TPSA) is 733 Å². The van der Waals surface area contributed by atoms with E-state index in [0.29, 0.717) is 0 Å². The van der Waals surface area contributed by atoms with Crippen LogP contribution in [0.25, 0.3) is 44.7 Å².